The minimum Gasteiger partial charge on any atom is -0.265 e. The molecule has 0 bridgehead atoms. The van der Waals surface area contributed by atoms with Crippen LogP contribution in [0.2, 0.25) is 0 Å². The predicted molar refractivity (Wildman–Crippen MR) is 78.9 cm³/mol. The highest BCUT2D eigenvalue weighted by molar-refractivity contribution is 5.53. The van der Waals surface area contributed by atoms with Gasteiger partial charge in [0, 0.05) is 25.0 Å². The van der Waals surface area contributed by atoms with Crippen LogP contribution in [0.3, 0.4) is 0 Å². The zero-order valence-corrected chi connectivity index (χ0v) is 15.8. The highest BCUT2D eigenvalue weighted by Crippen LogP contribution is 2.63. The largest absolute Gasteiger partial charge is 0.460 e. The molecular weight excluding hydrogens is 521 g/mol. The maximum Gasteiger partial charge on any atom is 0.460 e. The minimum absolute atomic E-state index is 0.260. The Hall–Kier alpha value is -2.76. The van der Waals surface area contributed by atoms with Crippen molar-refractivity contribution in [3.05, 3.63) is 30.4 Å². The standard InChI is InChI=1S/C15H7F15N4/c1-34-8(32-7(33-34)6-2-4-31-5-3-6)9(16,17)10(18,19)11(20,21)12(22,23)13(24,25)14(26,27)15(28,29)30/h2-5H,1H3. The molecule has 34 heavy (non-hydrogen) atoms. The van der Waals surface area contributed by atoms with Crippen LogP contribution in [0.25, 0.3) is 11.4 Å². The van der Waals surface area contributed by atoms with Crippen molar-refractivity contribution in [3.63, 3.8) is 0 Å². The lowest BCUT2D eigenvalue weighted by atomic mass is 9.91. The Bertz CT molecular complexity index is 1030. The van der Waals surface area contributed by atoms with Crippen molar-refractivity contribution in [3.8, 4) is 11.4 Å². The number of aromatic nitrogens is 4. The SMILES string of the molecule is Cn1nc(-c2ccncc2)nc1C(F)(F)C(F)(F)C(F)(F)C(F)(F)C(F)(F)C(F)(F)C(F)(F)F. The van der Waals surface area contributed by atoms with E-state index in [2.05, 4.69) is 15.1 Å². The second-order valence-electron chi connectivity index (χ2n) is 6.56. The van der Waals surface area contributed by atoms with E-state index in [4.69, 9.17) is 0 Å². The van der Waals surface area contributed by atoms with Gasteiger partial charge in [-0.2, -0.15) is 71.0 Å². The zero-order chi connectivity index (χ0) is 26.8. The molecule has 0 radical (unpaired) electrons. The molecule has 0 atom stereocenters. The first-order valence-electron chi connectivity index (χ1n) is 8.14. The summed E-state index contributed by atoms with van der Waals surface area (Å²) in [6.07, 6.45) is -5.66. The average Bonchev–Trinajstić information content (AvgIpc) is 3.09. The molecule has 2 heterocycles. The molecule has 0 unspecified atom stereocenters. The van der Waals surface area contributed by atoms with Gasteiger partial charge in [-0.3, -0.25) is 4.98 Å². The molecule has 2 aromatic heterocycles. The fraction of sp³-hybridized carbons (Fsp3) is 0.533. The fourth-order valence-corrected chi connectivity index (χ4v) is 2.39. The summed E-state index contributed by atoms with van der Waals surface area (Å²) in [5, 5.41) is 3.14. The van der Waals surface area contributed by atoms with Crippen molar-refractivity contribution in [1.82, 2.24) is 19.7 Å². The number of pyridine rings is 1. The molecule has 4 nitrogen and oxygen atoms in total. The predicted octanol–water partition coefficient (Wildman–Crippen LogP) is 5.71. The molecule has 0 saturated carbocycles. The number of rotatable bonds is 7. The van der Waals surface area contributed by atoms with Crippen molar-refractivity contribution in [2.45, 2.75) is 41.7 Å². The Kier molecular flexibility index (Phi) is 6.16. The highest BCUT2D eigenvalue weighted by atomic mass is 19.4. The Morgan fingerprint density at radius 2 is 1.03 bits per heavy atom. The molecule has 19 heteroatoms. The van der Waals surface area contributed by atoms with E-state index in [1.165, 1.54) is 0 Å². The van der Waals surface area contributed by atoms with Crippen LogP contribution in [0, 0.1) is 0 Å². The maximum atomic E-state index is 14.3. The van der Waals surface area contributed by atoms with E-state index in [1.54, 1.807) is 0 Å². The van der Waals surface area contributed by atoms with Crippen molar-refractivity contribution < 1.29 is 65.9 Å². The van der Waals surface area contributed by atoms with Gasteiger partial charge in [0.2, 0.25) is 5.82 Å². The second-order valence-corrected chi connectivity index (χ2v) is 6.56. The molecule has 0 N–H and O–H groups in total. The molecule has 0 saturated heterocycles. The Morgan fingerprint density at radius 1 is 0.618 bits per heavy atom. The van der Waals surface area contributed by atoms with E-state index in [9.17, 15) is 65.9 Å². The van der Waals surface area contributed by atoms with Crippen LogP contribution in [-0.2, 0) is 13.0 Å². The van der Waals surface area contributed by atoms with Gasteiger partial charge in [-0.1, -0.05) is 0 Å². The van der Waals surface area contributed by atoms with E-state index >= 15 is 0 Å². The Balaban J connectivity index is 2.64. The molecule has 0 aliphatic carbocycles. The van der Waals surface area contributed by atoms with E-state index in [0.717, 1.165) is 24.5 Å². The Labute approximate surface area is 177 Å². The molecule has 0 aliphatic heterocycles. The summed E-state index contributed by atoms with van der Waals surface area (Å²) in [5.41, 5.74) is -0.260. The summed E-state index contributed by atoms with van der Waals surface area (Å²) in [4.78, 5) is 6.25. The van der Waals surface area contributed by atoms with Crippen LogP contribution in [0.4, 0.5) is 65.9 Å². The van der Waals surface area contributed by atoms with Crippen LogP contribution in [0.1, 0.15) is 5.82 Å². The van der Waals surface area contributed by atoms with Crippen LogP contribution in [0.15, 0.2) is 24.5 Å². The van der Waals surface area contributed by atoms with Gasteiger partial charge < -0.3 is 0 Å². The molecule has 2 rings (SSSR count). The van der Waals surface area contributed by atoms with Crippen LogP contribution in [-0.4, -0.2) is 55.5 Å². The van der Waals surface area contributed by atoms with Crippen molar-refractivity contribution >= 4 is 0 Å². The molecule has 2 aromatic rings. The molecular formula is C15H7F15N4. The normalized spacial score (nSPS) is 15.1. The first-order valence-corrected chi connectivity index (χ1v) is 8.14. The van der Waals surface area contributed by atoms with E-state index in [1.807, 2.05) is 0 Å². The summed E-state index contributed by atoms with van der Waals surface area (Å²) in [6, 6.07) is 1.97. The second kappa shape index (κ2) is 7.62. The van der Waals surface area contributed by atoms with Crippen molar-refractivity contribution in [1.29, 1.82) is 0 Å². The summed E-state index contributed by atoms with van der Waals surface area (Å²) in [7, 11) is 0.361. The molecule has 0 amide bonds. The third-order valence-corrected chi connectivity index (χ3v) is 4.31. The molecule has 192 valence electrons. The minimum atomic E-state index is -8.36. The molecule has 0 aliphatic rings. The third kappa shape index (κ3) is 3.53. The molecule has 0 fully saturated rings. The van der Waals surface area contributed by atoms with Crippen molar-refractivity contribution in [2.24, 2.45) is 7.05 Å². The van der Waals surface area contributed by atoms with Gasteiger partial charge in [0.25, 0.3) is 0 Å². The van der Waals surface area contributed by atoms with Gasteiger partial charge in [0.05, 0.1) is 0 Å². The highest BCUT2D eigenvalue weighted by Gasteiger charge is 2.93. The van der Waals surface area contributed by atoms with Gasteiger partial charge in [-0.05, 0) is 12.1 Å². The van der Waals surface area contributed by atoms with Gasteiger partial charge in [0.1, 0.15) is 0 Å². The van der Waals surface area contributed by atoms with Gasteiger partial charge in [-0.15, -0.1) is 0 Å². The van der Waals surface area contributed by atoms with Crippen LogP contribution < -0.4 is 0 Å². The number of aryl methyl sites for hydroxylation is 1. The first kappa shape index (κ1) is 27.5. The van der Waals surface area contributed by atoms with Crippen LogP contribution in [0.5, 0.6) is 0 Å². The summed E-state index contributed by atoms with van der Waals surface area (Å²) >= 11 is 0. The van der Waals surface area contributed by atoms with Crippen LogP contribution >= 0.6 is 0 Å². The Morgan fingerprint density at radius 3 is 1.47 bits per heavy atom. The summed E-state index contributed by atoms with van der Waals surface area (Å²) in [6.45, 7) is 0. The monoisotopic (exact) mass is 528 g/mol. The van der Waals surface area contributed by atoms with Gasteiger partial charge in [-0.25, -0.2) is 9.67 Å². The quantitative estimate of drug-likeness (QED) is 0.433. The maximum absolute atomic E-state index is 14.3. The molecule has 0 spiro atoms. The lowest BCUT2D eigenvalue weighted by Crippen LogP contribution is -2.72. The van der Waals surface area contributed by atoms with E-state index in [0.29, 0.717) is 7.05 Å². The van der Waals surface area contributed by atoms with Crippen molar-refractivity contribution in [2.75, 3.05) is 0 Å². The lowest BCUT2D eigenvalue weighted by molar-refractivity contribution is -0.454. The number of halogens is 15. The summed E-state index contributed by atoms with van der Waals surface area (Å²) < 4.78 is 200. The number of hydrogen-bond acceptors (Lipinski definition) is 3. The van der Waals surface area contributed by atoms with E-state index < -0.39 is 53.4 Å². The van der Waals surface area contributed by atoms with Gasteiger partial charge >= 0.3 is 41.7 Å². The number of nitrogens with zero attached hydrogens (tertiary/aromatic N) is 4. The average molecular weight is 528 g/mol. The third-order valence-electron chi connectivity index (χ3n) is 4.31. The number of alkyl halides is 15. The fourth-order valence-electron chi connectivity index (χ4n) is 2.39. The summed E-state index contributed by atoms with van der Waals surface area (Å²) in [5.74, 6) is -50.7. The number of hydrogen-bond donors (Lipinski definition) is 0. The van der Waals surface area contributed by atoms with Gasteiger partial charge in [0.15, 0.2) is 5.82 Å². The first-order chi connectivity index (χ1) is 15.0. The lowest BCUT2D eigenvalue weighted by Gasteiger charge is -2.41. The van der Waals surface area contributed by atoms with E-state index in [-0.39, 0.29) is 10.2 Å². The topological polar surface area (TPSA) is 43.6 Å². The zero-order valence-electron chi connectivity index (χ0n) is 15.8. The smallest absolute Gasteiger partial charge is 0.265 e. The molecule has 0 aromatic carbocycles.